The molecular weight excluding hydrogens is 276 g/mol. The number of ketones is 1. The molecule has 0 amide bonds. The summed E-state index contributed by atoms with van der Waals surface area (Å²) in [5.41, 5.74) is 3.68. The second-order valence-electron chi connectivity index (χ2n) is 4.18. The topological polar surface area (TPSA) is 17.1 Å². The first-order chi connectivity index (χ1) is 8.08. The standard InChI is InChI=1S/C15H13BrO/c1-10-3-6-12(7-4-10)15(17)13-9-11(2)5-8-14(13)16/h3-9H,1-2H3. The Hall–Kier alpha value is -1.41. The predicted molar refractivity (Wildman–Crippen MR) is 73.5 cm³/mol. The lowest BCUT2D eigenvalue weighted by molar-refractivity contribution is 0.103. The van der Waals surface area contributed by atoms with Gasteiger partial charge in [0.2, 0.25) is 0 Å². The first-order valence-corrected chi connectivity index (χ1v) is 6.25. The fourth-order valence-corrected chi connectivity index (χ4v) is 2.10. The fraction of sp³-hybridized carbons (Fsp3) is 0.133. The highest BCUT2D eigenvalue weighted by Gasteiger charge is 2.12. The molecule has 2 rings (SSSR count). The van der Waals surface area contributed by atoms with Gasteiger partial charge < -0.3 is 0 Å². The minimum atomic E-state index is 0.0561. The molecule has 1 nitrogen and oxygen atoms in total. The van der Waals surface area contributed by atoms with Crippen LogP contribution in [-0.4, -0.2) is 5.78 Å². The molecule has 0 saturated carbocycles. The number of rotatable bonds is 2. The highest BCUT2D eigenvalue weighted by molar-refractivity contribution is 9.10. The Morgan fingerprint density at radius 1 is 0.941 bits per heavy atom. The van der Waals surface area contributed by atoms with Gasteiger partial charge in [0, 0.05) is 15.6 Å². The van der Waals surface area contributed by atoms with E-state index < -0.39 is 0 Å². The Morgan fingerprint density at radius 3 is 2.18 bits per heavy atom. The van der Waals surface area contributed by atoms with Crippen LogP contribution in [0.2, 0.25) is 0 Å². The summed E-state index contributed by atoms with van der Waals surface area (Å²) in [4.78, 5) is 12.3. The van der Waals surface area contributed by atoms with Gasteiger partial charge >= 0.3 is 0 Å². The van der Waals surface area contributed by atoms with E-state index in [4.69, 9.17) is 0 Å². The van der Waals surface area contributed by atoms with E-state index in [0.717, 1.165) is 21.2 Å². The first-order valence-electron chi connectivity index (χ1n) is 5.45. The minimum Gasteiger partial charge on any atom is -0.289 e. The Balaban J connectivity index is 2.43. The van der Waals surface area contributed by atoms with Gasteiger partial charge in [-0.2, -0.15) is 0 Å². The van der Waals surface area contributed by atoms with Gasteiger partial charge in [-0.15, -0.1) is 0 Å². The Bertz CT molecular complexity index is 556. The quantitative estimate of drug-likeness (QED) is 0.753. The number of carbonyl (C=O) groups excluding carboxylic acids is 1. The van der Waals surface area contributed by atoms with Crippen molar-refractivity contribution in [2.45, 2.75) is 13.8 Å². The maximum atomic E-state index is 12.3. The van der Waals surface area contributed by atoms with Gasteiger partial charge in [-0.1, -0.05) is 57.4 Å². The van der Waals surface area contributed by atoms with Crippen LogP contribution in [0.1, 0.15) is 27.0 Å². The third-order valence-corrected chi connectivity index (χ3v) is 3.37. The van der Waals surface area contributed by atoms with Crippen LogP contribution in [0, 0.1) is 13.8 Å². The van der Waals surface area contributed by atoms with Crippen LogP contribution in [0.5, 0.6) is 0 Å². The zero-order valence-electron chi connectivity index (χ0n) is 9.83. The molecule has 0 spiro atoms. The molecule has 2 heteroatoms. The van der Waals surface area contributed by atoms with Crippen LogP contribution in [0.25, 0.3) is 0 Å². The summed E-state index contributed by atoms with van der Waals surface area (Å²) in [6.45, 7) is 4.00. The molecular formula is C15H13BrO. The van der Waals surface area contributed by atoms with E-state index in [1.807, 2.05) is 56.3 Å². The number of hydrogen-bond acceptors (Lipinski definition) is 1. The molecule has 0 aromatic heterocycles. The van der Waals surface area contributed by atoms with Crippen LogP contribution in [0.3, 0.4) is 0 Å². The van der Waals surface area contributed by atoms with Crippen molar-refractivity contribution in [1.82, 2.24) is 0 Å². The Labute approximate surface area is 110 Å². The maximum Gasteiger partial charge on any atom is 0.194 e. The average Bonchev–Trinajstić information content (AvgIpc) is 2.32. The number of aryl methyl sites for hydroxylation is 2. The van der Waals surface area contributed by atoms with Crippen LogP contribution < -0.4 is 0 Å². The monoisotopic (exact) mass is 288 g/mol. The van der Waals surface area contributed by atoms with Gasteiger partial charge in [0.25, 0.3) is 0 Å². The van der Waals surface area contributed by atoms with Gasteiger partial charge in [-0.25, -0.2) is 0 Å². The van der Waals surface area contributed by atoms with Crippen molar-refractivity contribution in [3.8, 4) is 0 Å². The molecule has 0 heterocycles. The van der Waals surface area contributed by atoms with Crippen molar-refractivity contribution in [3.05, 3.63) is 69.2 Å². The summed E-state index contributed by atoms with van der Waals surface area (Å²) in [7, 11) is 0. The number of hydrogen-bond donors (Lipinski definition) is 0. The van der Waals surface area contributed by atoms with E-state index in [9.17, 15) is 4.79 Å². The van der Waals surface area contributed by atoms with Crippen molar-refractivity contribution in [3.63, 3.8) is 0 Å². The van der Waals surface area contributed by atoms with Crippen molar-refractivity contribution in [2.24, 2.45) is 0 Å². The van der Waals surface area contributed by atoms with E-state index in [1.165, 1.54) is 0 Å². The molecule has 86 valence electrons. The summed E-state index contributed by atoms with van der Waals surface area (Å²) >= 11 is 3.42. The second kappa shape index (κ2) is 4.84. The minimum absolute atomic E-state index is 0.0561. The maximum absolute atomic E-state index is 12.3. The lowest BCUT2D eigenvalue weighted by Gasteiger charge is -2.05. The van der Waals surface area contributed by atoms with Crippen LogP contribution in [0.4, 0.5) is 0 Å². The van der Waals surface area contributed by atoms with E-state index in [2.05, 4.69) is 15.9 Å². The molecule has 0 N–H and O–H groups in total. The highest BCUT2D eigenvalue weighted by atomic mass is 79.9. The van der Waals surface area contributed by atoms with Gasteiger partial charge in [0.1, 0.15) is 0 Å². The van der Waals surface area contributed by atoms with Gasteiger partial charge in [-0.3, -0.25) is 4.79 Å². The molecule has 0 bridgehead atoms. The van der Waals surface area contributed by atoms with Gasteiger partial charge in [0.05, 0.1) is 0 Å². The largest absolute Gasteiger partial charge is 0.289 e. The molecule has 0 atom stereocenters. The smallest absolute Gasteiger partial charge is 0.194 e. The predicted octanol–water partition coefficient (Wildman–Crippen LogP) is 4.30. The van der Waals surface area contributed by atoms with Crippen molar-refractivity contribution in [1.29, 1.82) is 0 Å². The fourth-order valence-electron chi connectivity index (χ4n) is 1.67. The van der Waals surface area contributed by atoms with Crippen molar-refractivity contribution >= 4 is 21.7 Å². The molecule has 2 aromatic carbocycles. The van der Waals surface area contributed by atoms with Crippen LogP contribution in [0.15, 0.2) is 46.9 Å². The molecule has 0 aliphatic rings. The van der Waals surface area contributed by atoms with E-state index in [1.54, 1.807) is 0 Å². The lowest BCUT2D eigenvalue weighted by atomic mass is 10.0. The van der Waals surface area contributed by atoms with Crippen molar-refractivity contribution in [2.75, 3.05) is 0 Å². The molecule has 0 aliphatic heterocycles. The normalized spacial score (nSPS) is 10.3. The number of benzene rings is 2. The van der Waals surface area contributed by atoms with Gasteiger partial charge in [0.15, 0.2) is 5.78 Å². The molecule has 0 fully saturated rings. The average molecular weight is 289 g/mol. The number of carbonyl (C=O) groups is 1. The molecule has 0 aliphatic carbocycles. The zero-order chi connectivity index (χ0) is 12.4. The molecule has 0 saturated heterocycles. The molecule has 2 aromatic rings. The van der Waals surface area contributed by atoms with E-state index >= 15 is 0 Å². The van der Waals surface area contributed by atoms with Gasteiger partial charge in [-0.05, 0) is 26.0 Å². The summed E-state index contributed by atoms with van der Waals surface area (Å²) in [5, 5.41) is 0. The SMILES string of the molecule is Cc1ccc(C(=O)c2cc(C)ccc2Br)cc1. The highest BCUT2D eigenvalue weighted by Crippen LogP contribution is 2.21. The Morgan fingerprint density at radius 2 is 1.53 bits per heavy atom. The molecule has 0 radical (unpaired) electrons. The summed E-state index contributed by atoms with van der Waals surface area (Å²) in [5.74, 6) is 0.0561. The van der Waals surface area contributed by atoms with E-state index in [0.29, 0.717) is 5.56 Å². The van der Waals surface area contributed by atoms with Crippen LogP contribution >= 0.6 is 15.9 Å². The summed E-state index contributed by atoms with van der Waals surface area (Å²) in [6.07, 6.45) is 0. The van der Waals surface area contributed by atoms with E-state index in [-0.39, 0.29) is 5.78 Å². The Kier molecular flexibility index (Phi) is 3.43. The number of halogens is 1. The third-order valence-electron chi connectivity index (χ3n) is 2.68. The molecule has 17 heavy (non-hydrogen) atoms. The van der Waals surface area contributed by atoms with Crippen molar-refractivity contribution < 1.29 is 4.79 Å². The summed E-state index contributed by atoms with van der Waals surface area (Å²) in [6, 6.07) is 13.5. The summed E-state index contributed by atoms with van der Waals surface area (Å²) < 4.78 is 0.841. The zero-order valence-corrected chi connectivity index (χ0v) is 11.4. The lowest BCUT2D eigenvalue weighted by Crippen LogP contribution is -2.02. The third kappa shape index (κ3) is 2.64. The molecule has 0 unspecified atom stereocenters. The first kappa shape index (κ1) is 12.1. The second-order valence-corrected chi connectivity index (χ2v) is 5.03. The van der Waals surface area contributed by atoms with Crippen LogP contribution in [-0.2, 0) is 0 Å².